The van der Waals surface area contributed by atoms with Crippen LogP contribution in [0.4, 0.5) is 8.78 Å². The van der Waals surface area contributed by atoms with E-state index in [2.05, 4.69) is 6.92 Å². The largest absolute Gasteiger partial charge is 0.464 e. The van der Waals surface area contributed by atoms with E-state index in [-0.39, 0.29) is 18.5 Å². The van der Waals surface area contributed by atoms with E-state index in [1.807, 2.05) is 6.92 Å². The number of benzene rings is 1. The molecule has 188 valence electrons. The summed E-state index contributed by atoms with van der Waals surface area (Å²) in [5.74, 6) is 1.04. The molecule has 0 bridgehead atoms. The van der Waals surface area contributed by atoms with Gasteiger partial charge in [-0.1, -0.05) is 71.3 Å². The number of hydrogen-bond acceptors (Lipinski definition) is 2. The molecule has 0 N–H and O–H groups in total. The predicted molar refractivity (Wildman–Crippen MR) is 132 cm³/mol. The molecule has 2 saturated carbocycles. The molecule has 0 atom stereocenters. The van der Waals surface area contributed by atoms with Crippen LogP contribution in [0.1, 0.15) is 122 Å². The fourth-order valence-corrected chi connectivity index (χ4v) is 6.17. The van der Waals surface area contributed by atoms with E-state index in [1.165, 1.54) is 64.2 Å². The van der Waals surface area contributed by atoms with Crippen LogP contribution in [0.5, 0.6) is 5.75 Å². The summed E-state index contributed by atoms with van der Waals surface area (Å²) in [4.78, 5) is 0. The highest BCUT2D eigenvalue weighted by molar-refractivity contribution is 5.33. The first kappa shape index (κ1) is 26.4. The first-order valence-corrected chi connectivity index (χ1v) is 13.8. The Kier molecular flexibility index (Phi) is 11.4. The molecular weight excluding hydrogens is 418 g/mol. The summed E-state index contributed by atoms with van der Waals surface area (Å²) in [7, 11) is 0. The first-order valence-electron chi connectivity index (χ1n) is 13.8. The molecule has 4 heteroatoms. The van der Waals surface area contributed by atoms with Crippen LogP contribution in [0.2, 0.25) is 0 Å². The van der Waals surface area contributed by atoms with Crippen molar-refractivity contribution < 1.29 is 18.3 Å². The van der Waals surface area contributed by atoms with E-state index in [0.29, 0.717) is 12.2 Å². The van der Waals surface area contributed by atoms with Crippen molar-refractivity contribution in [2.45, 2.75) is 116 Å². The van der Waals surface area contributed by atoms with Crippen LogP contribution < -0.4 is 4.74 Å². The summed E-state index contributed by atoms with van der Waals surface area (Å²) < 4.78 is 39.8. The third-order valence-electron chi connectivity index (χ3n) is 8.21. The predicted octanol–water partition coefficient (Wildman–Crippen LogP) is 9.17. The highest BCUT2D eigenvalue weighted by atomic mass is 19.2. The Balaban J connectivity index is 1.40. The van der Waals surface area contributed by atoms with E-state index in [9.17, 15) is 8.78 Å². The second kappa shape index (κ2) is 14.3. The lowest BCUT2D eigenvalue weighted by Crippen LogP contribution is -2.25. The minimum absolute atomic E-state index is 0.0459. The van der Waals surface area contributed by atoms with Gasteiger partial charge in [0.1, 0.15) is 0 Å². The summed E-state index contributed by atoms with van der Waals surface area (Å²) in [6.07, 6.45) is 19.0. The van der Waals surface area contributed by atoms with Crippen LogP contribution in [0.3, 0.4) is 0 Å². The molecule has 33 heavy (non-hydrogen) atoms. The number of unbranched alkanes of at least 4 members (excludes halogenated alkanes) is 4. The maximum Gasteiger partial charge on any atom is 0.201 e. The lowest BCUT2D eigenvalue weighted by molar-refractivity contribution is 0.0131. The monoisotopic (exact) mass is 464 g/mol. The Morgan fingerprint density at radius 3 is 2.09 bits per heavy atom. The van der Waals surface area contributed by atoms with Gasteiger partial charge in [-0.2, -0.15) is 4.39 Å². The molecule has 0 saturated heterocycles. The zero-order valence-corrected chi connectivity index (χ0v) is 21.1. The van der Waals surface area contributed by atoms with Gasteiger partial charge in [-0.25, -0.2) is 4.39 Å². The molecular formula is C29H46F2O2. The summed E-state index contributed by atoms with van der Waals surface area (Å²) in [6.45, 7) is 4.77. The molecule has 1 aromatic rings. The van der Waals surface area contributed by atoms with Crippen LogP contribution in [-0.2, 0) is 4.74 Å². The average Bonchev–Trinajstić information content (AvgIpc) is 2.85. The Bertz CT molecular complexity index is 676. The molecule has 0 amide bonds. The number of hydrogen-bond donors (Lipinski definition) is 0. The standard InChI is InChI=1S/C29H46F2O2/c1-3-5-6-7-8-9-22-10-12-23(13-11-22)24-14-16-25(17-15-24)26-18-19-27(29(31)28(26)30)33-21-32-20-4-2/h18-19,22-25H,3-17,20-21H2,1-2H3. The van der Waals surface area contributed by atoms with Gasteiger partial charge < -0.3 is 9.47 Å². The molecule has 2 aliphatic rings. The van der Waals surface area contributed by atoms with Crippen LogP contribution in [-0.4, -0.2) is 13.4 Å². The minimum Gasteiger partial charge on any atom is -0.464 e. The molecule has 2 fully saturated rings. The summed E-state index contributed by atoms with van der Waals surface area (Å²) in [5, 5.41) is 0. The molecule has 0 aliphatic heterocycles. The SMILES string of the molecule is CCCCCCCC1CCC(C2CCC(c3ccc(OCOCCC)c(F)c3F)CC2)CC1. The molecule has 3 rings (SSSR count). The Labute approximate surface area is 200 Å². The zero-order chi connectivity index (χ0) is 23.5. The normalized spacial score (nSPS) is 25.8. The minimum atomic E-state index is -0.872. The van der Waals surface area contributed by atoms with Gasteiger partial charge in [0.2, 0.25) is 5.82 Å². The summed E-state index contributed by atoms with van der Waals surface area (Å²) in [5.41, 5.74) is 0.527. The van der Waals surface area contributed by atoms with Crippen LogP contribution >= 0.6 is 0 Å². The molecule has 0 unspecified atom stereocenters. The van der Waals surface area contributed by atoms with E-state index < -0.39 is 11.6 Å². The first-order chi connectivity index (χ1) is 16.1. The Morgan fingerprint density at radius 2 is 1.42 bits per heavy atom. The lowest BCUT2D eigenvalue weighted by Gasteiger charge is -2.38. The molecule has 2 aliphatic carbocycles. The van der Waals surface area contributed by atoms with Crippen LogP contribution in [0.25, 0.3) is 0 Å². The molecule has 0 aromatic heterocycles. The van der Waals surface area contributed by atoms with Gasteiger partial charge >= 0.3 is 0 Å². The highest BCUT2D eigenvalue weighted by Crippen LogP contribution is 2.45. The quantitative estimate of drug-likeness (QED) is 0.214. The van der Waals surface area contributed by atoms with E-state index in [4.69, 9.17) is 9.47 Å². The Morgan fingerprint density at radius 1 is 0.758 bits per heavy atom. The van der Waals surface area contributed by atoms with E-state index >= 15 is 0 Å². The topological polar surface area (TPSA) is 18.5 Å². The molecule has 0 heterocycles. The molecule has 0 radical (unpaired) electrons. The number of halogens is 2. The molecule has 1 aromatic carbocycles. The van der Waals surface area contributed by atoms with Crippen molar-refractivity contribution in [2.24, 2.45) is 17.8 Å². The number of rotatable bonds is 13. The maximum atomic E-state index is 14.8. The van der Waals surface area contributed by atoms with Crippen molar-refractivity contribution in [3.63, 3.8) is 0 Å². The highest BCUT2D eigenvalue weighted by Gasteiger charge is 2.32. The Hall–Kier alpha value is -1.16. The zero-order valence-electron chi connectivity index (χ0n) is 21.1. The van der Waals surface area contributed by atoms with Gasteiger partial charge in [-0.05, 0) is 80.2 Å². The van der Waals surface area contributed by atoms with Gasteiger partial charge in [0.05, 0.1) is 6.61 Å². The van der Waals surface area contributed by atoms with E-state index in [1.54, 1.807) is 12.1 Å². The van der Waals surface area contributed by atoms with Crippen molar-refractivity contribution in [1.29, 1.82) is 0 Å². The van der Waals surface area contributed by atoms with Gasteiger partial charge in [0.15, 0.2) is 18.4 Å². The average molecular weight is 465 g/mol. The lowest BCUT2D eigenvalue weighted by atomic mass is 9.68. The maximum absolute atomic E-state index is 14.8. The van der Waals surface area contributed by atoms with Crippen LogP contribution in [0.15, 0.2) is 12.1 Å². The smallest absolute Gasteiger partial charge is 0.201 e. The second-order valence-corrected chi connectivity index (χ2v) is 10.5. The van der Waals surface area contributed by atoms with Crippen molar-refractivity contribution in [3.05, 3.63) is 29.3 Å². The molecule has 0 spiro atoms. The van der Waals surface area contributed by atoms with Crippen molar-refractivity contribution in [2.75, 3.05) is 13.4 Å². The summed E-state index contributed by atoms with van der Waals surface area (Å²) >= 11 is 0. The van der Waals surface area contributed by atoms with E-state index in [0.717, 1.165) is 49.9 Å². The van der Waals surface area contributed by atoms with Crippen molar-refractivity contribution in [3.8, 4) is 5.75 Å². The van der Waals surface area contributed by atoms with Gasteiger partial charge in [-0.3, -0.25) is 0 Å². The molecule has 2 nitrogen and oxygen atoms in total. The van der Waals surface area contributed by atoms with Crippen LogP contribution in [0, 0.1) is 29.4 Å². The van der Waals surface area contributed by atoms with Crippen molar-refractivity contribution in [1.82, 2.24) is 0 Å². The van der Waals surface area contributed by atoms with Gasteiger partial charge in [0.25, 0.3) is 0 Å². The van der Waals surface area contributed by atoms with Gasteiger partial charge in [-0.15, -0.1) is 0 Å². The van der Waals surface area contributed by atoms with Crippen molar-refractivity contribution >= 4 is 0 Å². The summed E-state index contributed by atoms with van der Waals surface area (Å²) in [6, 6.07) is 3.29. The fraction of sp³-hybridized carbons (Fsp3) is 0.793. The third kappa shape index (κ3) is 7.94. The van der Waals surface area contributed by atoms with Gasteiger partial charge in [0, 0.05) is 0 Å². The fourth-order valence-electron chi connectivity index (χ4n) is 6.17. The number of ether oxygens (including phenoxy) is 2. The third-order valence-corrected chi connectivity index (χ3v) is 8.21. The second-order valence-electron chi connectivity index (χ2n) is 10.5.